The highest BCUT2D eigenvalue weighted by atomic mass is 35.5. The van der Waals surface area contributed by atoms with E-state index in [1.807, 2.05) is 6.07 Å². The van der Waals surface area contributed by atoms with Gasteiger partial charge in [-0.2, -0.15) is 0 Å². The predicted octanol–water partition coefficient (Wildman–Crippen LogP) is 2.98. The second-order valence-electron chi connectivity index (χ2n) is 7.57. The van der Waals surface area contributed by atoms with Gasteiger partial charge in [-0.3, -0.25) is 13.9 Å². The molecule has 0 aliphatic heterocycles. The van der Waals surface area contributed by atoms with Crippen LogP contribution in [-0.4, -0.2) is 58.1 Å². The smallest absolute Gasteiger partial charge is 0.244 e. The first-order valence-corrected chi connectivity index (χ1v) is 12.6. The van der Waals surface area contributed by atoms with Crippen LogP contribution in [0.2, 0.25) is 5.02 Å². The number of methoxy groups -OCH3 is 1. The van der Waals surface area contributed by atoms with Crippen molar-refractivity contribution in [2.24, 2.45) is 0 Å². The molecule has 0 heterocycles. The Morgan fingerprint density at radius 3 is 2.42 bits per heavy atom. The number of nitrogens with zero attached hydrogens (tertiary/aromatic N) is 2. The number of likely N-dealkylation sites (N-methyl/N-ethyl adjacent to an activating group) is 1. The molecule has 0 aliphatic carbocycles. The van der Waals surface area contributed by atoms with Gasteiger partial charge in [-0.05, 0) is 48.7 Å². The normalized spacial score (nSPS) is 12.1. The SMILES string of the molecule is CC[C@@H](C(=O)NC)N(Cc1cccc(OC)c1)C(=O)CN(c1cccc(Cl)c1C)S(C)(=O)=O. The molecule has 2 aromatic carbocycles. The third-order valence-corrected chi connectivity index (χ3v) is 6.84. The summed E-state index contributed by atoms with van der Waals surface area (Å²) in [6.07, 6.45) is 1.38. The lowest BCUT2D eigenvalue weighted by Crippen LogP contribution is -2.51. The van der Waals surface area contributed by atoms with Crippen molar-refractivity contribution in [2.75, 3.05) is 31.3 Å². The number of carbonyl (C=O) groups excluding carboxylic acids is 2. The number of sulfonamides is 1. The summed E-state index contributed by atoms with van der Waals surface area (Å²) in [6.45, 7) is 3.11. The van der Waals surface area contributed by atoms with Gasteiger partial charge in [0.05, 0.1) is 19.1 Å². The van der Waals surface area contributed by atoms with Gasteiger partial charge in [-0.15, -0.1) is 0 Å². The first-order valence-electron chi connectivity index (χ1n) is 10.4. The van der Waals surface area contributed by atoms with Crippen LogP contribution in [0.5, 0.6) is 5.75 Å². The number of halogens is 1. The first-order chi connectivity index (χ1) is 15.5. The molecule has 0 bridgehead atoms. The Balaban J connectivity index is 2.48. The molecule has 0 saturated heterocycles. The number of anilines is 1. The molecule has 0 radical (unpaired) electrons. The summed E-state index contributed by atoms with van der Waals surface area (Å²) in [4.78, 5) is 27.5. The van der Waals surface area contributed by atoms with Crippen LogP contribution in [0.4, 0.5) is 5.69 Å². The Morgan fingerprint density at radius 1 is 1.18 bits per heavy atom. The molecular formula is C23H30ClN3O5S. The number of carbonyl (C=O) groups is 2. The zero-order chi connectivity index (χ0) is 24.8. The highest BCUT2D eigenvalue weighted by Gasteiger charge is 2.31. The highest BCUT2D eigenvalue weighted by Crippen LogP contribution is 2.28. The molecule has 1 N–H and O–H groups in total. The van der Waals surface area contributed by atoms with Gasteiger partial charge < -0.3 is 15.0 Å². The van der Waals surface area contributed by atoms with Crippen LogP contribution in [0.3, 0.4) is 0 Å². The van der Waals surface area contributed by atoms with Crippen LogP contribution < -0.4 is 14.4 Å². The lowest BCUT2D eigenvalue weighted by molar-refractivity contribution is -0.140. The summed E-state index contributed by atoms with van der Waals surface area (Å²) in [5, 5.41) is 2.97. The molecule has 0 saturated carbocycles. The second kappa shape index (κ2) is 11.4. The van der Waals surface area contributed by atoms with Crippen molar-refractivity contribution in [1.82, 2.24) is 10.2 Å². The molecule has 1 atom stereocenters. The predicted molar refractivity (Wildman–Crippen MR) is 130 cm³/mol. The maximum absolute atomic E-state index is 13.5. The molecular weight excluding hydrogens is 466 g/mol. The number of rotatable bonds is 10. The van der Waals surface area contributed by atoms with Crippen molar-refractivity contribution in [3.05, 3.63) is 58.6 Å². The van der Waals surface area contributed by atoms with Gasteiger partial charge in [0.2, 0.25) is 21.8 Å². The van der Waals surface area contributed by atoms with Crippen molar-refractivity contribution < 1.29 is 22.7 Å². The van der Waals surface area contributed by atoms with E-state index in [2.05, 4.69) is 5.32 Å². The van der Waals surface area contributed by atoms with Gasteiger partial charge in [0.1, 0.15) is 18.3 Å². The van der Waals surface area contributed by atoms with Crippen molar-refractivity contribution in [3.8, 4) is 5.75 Å². The third-order valence-electron chi connectivity index (χ3n) is 5.31. The van der Waals surface area contributed by atoms with Crippen LogP contribution in [0.15, 0.2) is 42.5 Å². The topological polar surface area (TPSA) is 96.0 Å². The summed E-state index contributed by atoms with van der Waals surface area (Å²) in [7, 11) is -0.783. The molecule has 33 heavy (non-hydrogen) atoms. The fourth-order valence-electron chi connectivity index (χ4n) is 3.51. The fourth-order valence-corrected chi connectivity index (χ4v) is 4.58. The number of benzene rings is 2. The molecule has 10 heteroatoms. The Kier molecular flexibility index (Phi) is 9.13. The minimum atomic E-state index is -3.82. The average Bonchev–Trinajstić information content (AvgIpc) is 2.78. The van der Waals surface area contributed by atoms with Crippen molar-refractivity contribution in [3.63, 3.8) is 0 Å². The molecule has 0 aliphatic rings. The van der Waals surface area contributed by atoms with Crippen LogP contribution in [0, 0.1) is 6.92 Å². The fraction of sp³-hybridized carbons (Fsp3) is 0.391. The van der Waals surface area contributed by atoms with E-state index in [1.165, 1.54) is 11.9 Å². The Morgan fingerprint density at radius 2 is 1.85 bits per heavy atom. The molecule has 2 amide bonds. The highest BCUT2D eigenvalue weighted by molar-refractivity contribution is 7.92. The standard InChI is InChI=1S/C23H30ClN3O5S/c1-6-20(23(29)25-3)26(14-17-9-7-10-18(13-17)32-4)22(28)15-27(33(5,30)31)21-12-8-11-19(24)16(21)2/h7-13,20H,6,14-15H2,1-5H3,(H,25,29)/t20-/m0/s1. The molecule has 180 valence electrons. The summed E-state index contributed by atoms with van der Waals surface area (Å²) >= 11 is 6.19. The quantitative estimate of drug-likeness (QED) is 0.546. The Labute approximate surface area is 200 Å². The number of amides is 2. The number of nitrogens with one attached hydrogen (secondary N) is 1. The van der Waals surface area contributed by atoms with E-state index < -0.39 is 28.5 Å². The van der Waals surface area contributed by atoms with Crippen LogP contribution in [-0.2, 0) is 26.2 Å². The largest absolute Gasteiger partial charge is 0.497 e. The third kappa shape index (κ3) is 6.61. The lowest BCUT2D eigenvalue weighted by atomic mass is 10.1. The molecule has 2 rings (SSSR count). The zero-order valence-corrected chi connectivity index (χ0v) is 21.0. The Hall–Kier alpha value is -2.78. The van der Waals surface area contributed by atoms with E-state index in [1.54, 1.807) is 57.4 Å². The van der Waals surface area contributed by atoms with E-state index >= 15 is 0 Å². The van der Waals surface area contributed by atoms with Gasteiger partial charge in [0, 0.05) is 18.6 Å². The minimum Gasteiger partial charge on any atom is -0.497 e. The van der Waals surface area contributed by atoms with E-state index in [4.69, 9.17) is 16.3 Å². The molecule has 0 spiro atoms. The monoisotopic (exact) mass is 495 g/mol. The minimum absolute atomic E-state index is 0.105. The van der Waals surface area contributed by atoms with E-state index in [0.29, 0.717) is 28.4 Å². The van der Waals surface area contributed by atoms with Crippen LogP contribution >= 0.6 is 11.6 Å². The zero-order valence-electron chi connectivity index (χ0n) is 19.5. The maximum atomic E-state index is 13.5. The molecule has 0 unspecified atom stereocenters. The number of ether oxygens (including phenoxy) is 1. The van der Waals surface area contributed by atoms with Crippen LogP contribution in [0.1, 0.15) is 24.5 Å². The van der Waals surface area contributed by atoms with Crippen molar-refractivity contribution in [1.29, 1.82) is 0 Å². The molecule has 2 aromatic rings. The van der Waals surface area contributed by atoms with Gasteiger partial charge in [-0.25, -0.2) is 8.42 Å². The van der Waals surface area contributed by atoms with Gasteiger partial charge in [0.15, 0.2) is 0 Å². The van der Waals surface area contributed by atoms with Gasteiger partial charge in [0.25, 0.3) is 0 Å². The Bertz CT molecular complexity index is 1110. The number of hydrogen-bond acceptors (Lipinski definition) is 5. The molecule has 0 fully saturated rings. The van der Waals surface area contributed by atoms with Crippen LogP contribution in [0.25, 0.3) is 0 Å². The van der Waals surface area contributed by atoms with Gasteiger partial charge >= 0.3 is 0 Å². The second-order valence-corrected chi connectivity index (χ2v) is 9.88. The average molecular weight is 496 g/mol. The van der Waals surface area contributed by atoms with Crippen molar-refractivity contribution in [2.45, 2.75) is 32.9 Å². The summed E-state index contributed by atoms with van der Waals surface area (Å²) < 4.78 is 31.6. The summed E-state index contributed by atoms with van der Waals surface area (Å²) in [6, 6.07) is 11.2. The van der Waals surface area contributed by atoms with E-state index in [9.17, 15) is 18.0 Å². The number of hydrogen-bond donors (Lipinski definition) is 1. The molecule has 8 nitrogen and oxygen atoms in total. The summed E-state index contributed by atoms with van der Waals surface area (Å²) in [5.41, 5.74) is 1.60. The van der Waals surface area contributed by atoms with E-state index in [0.717, 1.165) is 16.1 Å². The summed E-state index contributed by atoms with van der Waals surface area (Å²) in [5.74, 6) is -0.239. The van der Waals surface area contributed by atoms with Gasteiger partial charge in [-0.1, -0.05) is 36.7 Å². The molecule has 0 aromatic heterocycles. The maximum Gasteiger partial charge on any atom is 0.244 e. The first kappa shape index (κ1) is 26.5. The lowest BCUT2D eigenvalue weighted by Gasteiger charge is -2.33. The van der Waals surface area contributed by atoms with E-state index in [-0.39, 0.29) is 12.5 Å². The van der Waals surface area contributed by atoms with Crippen molar-refractivity contribution >= 4 is 39.1 Å².